The van der Waals surface area contributed by atoms with Gasteiger partial charge in [-0.2, -0.15) is 0 Å². The number of rotatable bonds is 9. The second-order valence-corrected chi connectivity index (χ2v) is 11.5. The summed E-state index contributed by atoms with van der Waals surface area (Å²) in [6, 6.07) is 9.75. The third kappa shape index (κ3) is 6.30. The van der Waals surface area contributed by atoms with E-state index in [1.54, 1.807) is 28.8 Å². The SMILES string of the molecule is CC(=O)Nc1ccc(C2OC3C(COc4ncccc4C(=O)O)OC(n4cnc5c(NC(=O)NC6CCCC6)ncnc54)C3O2)cc1. The Bertz CT molecular complexity index is 1790. The number of benzene rings is 1. The fourth-order valence-electron chi connectivity index (χ4n) is 6.14. The number of amides is 3. The maximum absolute atomic E-state index is 12.7. The molecule has 4 N–H and O–H groups in total. The van der Waals surface area contributed by atoms with Crippen molar-refractivity contribution in [2.24, 2.45) is 0 Å². The standard InChI is InChI=1S/C31H32N8O8/c1-16(40)36-19-10-8-17(9-11-19)30-46-23-21(13-44-27-20(29(41)42)7-4-12-32-27)45-28(24(23)47-30)39-15-35-22-25(33-14-34-26(22)39)38-31(43)37-18-5-2-3-6-18/h4,7-12,14-15,18,21,23-24,28,30H,2-3,5-6,13H2,1H3,(H,36,40)(H,41,42)(H2,33,34,37,38,43). The average Bonchev–Trinajstić information content (AvgIpc) is 3.86. The fourth-order valence-corrected chi connectivity index (χ4v) is 6.14. The van der Waals surface area contributed by atoms with Gasteiger partial charge in [0.05, 0.1) is 6.33 Å². The number of hydrogen-bond donors (Lipinski definition) is 4. The molecule has 244 valence electrons. The van der Waals surface area contributed by atoms with E-state index in [9.17, 15) is 19.5 Å². The number of carboxylic acid groups (broad SMARTS) is 1. The number of ether oxygens (including phenoxy) is 4. The van der Waals surface area contributed by atoms with Gasteiger partial charge in [-0.25, -0.2) is 29.5 Å². The van der Waals surface area contributed by atoms with Crippen LogP contribution in [0.2, 0.25) is 0 Å². The van der Waals surface area contributed by atoms with E-state index in [1.807, 2.05) is 0 Å². The van der Waals surface area contributed by atoms with Crippen LogP contribution in [0.3, 0.4) is 0 Å². The van der Waals surface area contributed by atoms with E-state index in [2.05, 4.69) is 35.9 Å². The van der Waals surface area contributed by atoms with Crippen LogP contribution in [0.1, 0.15) is 61.0 Å². The number of carbonyl (C=O) groups excluding carboxylic acids is 2. The van der Waals surface area contributed by atoms with Crippen LogP contribution in [0, 0.1) is 0 Å². The van der Waals surface area contributed by atoms with Crippen molar-refractivity contribution in [2.75, 3.05) is 17.2 Å². The molecule has 47 heavy (non-hydrogen) atoms. The van der Waals surface area contributed by atoms with Gasteiger partial charge in [0.2, 0.25) is 11.8 Å². The molecule has 1 saturated carbocycles. The van der Waals surface area contributed by atoms with E-state index in [1.165, 1.54) is 37.9 Å². The van der Waals surface area contributed by atoms with Crippen molar-refractivity contribution in [2.45, 2.75) is 69.5 Å². The molecule has 2 saturated heterocycles. The maximum Gasteiger partial charge on any atom is 0.341 e. The predicted octanol–water partition coefficient (Wildman–Crippen LogP) is 3.40. The number of nitrogens with one attached hydrogen (secondary N) is 3. The van der Waals surface area contributed by atoms with Crippen molar-refractivity contribution in [1.82, 2.24) is 29.8 Å². The van der Waals surface area contributed by atoms with Gasteiger partial charge < -0.3 is 34.7 Å². The second kappa shape index (κ2) is 12.9. The van der Waals surface area contributed by atoms with Crippen LogP contribution in [0.15, 0.2) is 55.2 Å². The highest BCUT2D eigenvalue weighted by atomic mass is 16.8. The zero-order chi connectivity index (χ0) is 32.5. The predicted molar refractivity (Wildman–Crippen MR) is 164 cm³/mol. The van der Waals surface area contributed by atoms with Crippen molar-refractivity contribution in [3.05, 3.63) is 66.4 Å². The number of imidazole rings is 1. The van der Waals surface area contributed by atoms with Crippen LogP contribution in [-0.4, -0.2) is 78.5 Å². The van der Waals surface area contributed by atoms with Gasteiger partial charge in [-0.05, 0) is 37.1 Å². The third-order valence-corrected chi connectivity index (χ3v) is 8.29. The first-order chi connectivity index (χ1) is 22.8. The van der Waals surface area contributed by atoms with Crippen molar-refractivity contribution in [1.29, 1.82) is 0 Å². The molecule has 5 atom stereocenters. The molecule has 1 aromatic carbocycles. The number of urea groups is 1. The highest BCUT2D eigenvalue weighted by Crippen LogP contribution is 2.45. The first-order valence-electron chi connectivity index (χ1n) is 15.2. The van der Waals surface area contributed by atoms with Crippen LogP contribution in [0.5, 0.6) is 5.88 Å². The van der Waals surface area contributed by atoms with Crippen molar-refractivity contribution in [3.8, 4) is 5.88 Å². The molecule has 3 amide bonds. The number of nitrogens with zero attached hydrogens (tertiary/aromatic N) is 5. The number of pyridine rings is 1. The number of carboxylic acids is 1. The molecule has 0 radical (unpaired) electrons. The molecule has 5 unspecified atom stereocenters. The molecular formula is C31H32N8O8. The van der Waals surface area contributed by atoms with Gasteiger partial charge in [0.15, 0.2) is 29.5 Å². The minimum Gasteiger partial charge on any atom is -0.477 e. The minimum atomic E-state index is -1.18. The molecule has 5 heterocycles. The summed E-state index contributed by atoms with van der Waals surface area (Å²) >= 11 is 0. The quantitative estimate of drug-likeness (QED) is 0.207. The number of anilines is 2. The third-order valence-electron chi connectivity index (χ3n) is 8.29. The maximum atomic E-state index is 12.7. The molecular weight excluding hydrogens is 612 g/mol. The molecule has 0 bridgehead atoms. The first-order valence-corrected chi connectivity index (χ1v) is 15.2. The van der Waals surface area contributed by atoms with Gasteiger partial charge in [-0.1, -0.05) is 25.0 Å². The van der Waals surface area contributed by atoms with E-state index in [-0.39, 0.29) is 41.8 Å². The Morgan fingerprint density at radius 1 is 0.979 bits per heavy atom. The van der Waals surface area contributed by atoms with Crippen molar-refractivity contribution < 1.29 is 38.4 Å². The Morgan fingerprint density at radius 2 is 1.77 bits per heavy atom. The van der Waals surface area contributed by atoms with E-state index >= 15 is 0 Å². The lowest BCUT2D eigenvalue weighted by molar-refractivity contribution is -0.152. The molecule has 1 aliphatic carbocycles. The molecule has 0 spiro atoms. The van der Waals surface area contributed by atoms with E-state index < -0.39 is 36.8 Å². The molecule has 16 nitrogen and oxygen atoms in total. The molecule has 3 aromatic heterocycles. The number of hydrogen-bond acceptors (Lipinski definition) is 11. The summed E-state index contributed by atoms with van der Waals surface area (Å²) in [5, 5.41) is 18.1. The number of aromatic nitrogens is 5. The van der Waals surface area contributed by atoms with Crippen molar-refractivity contribution >= 4 is 40.6 Å². The Balaban J connectivity index is 1.15. The lowest BCUT2D eigenvalue weighted by atomic mass is 10.1. The van der Waals surface area contributed by atoms with Gasteiger partial charge in [-0.15, -0.1) is 0 Å². The van der Waals surface area contributed by atoms with Crippen LogP contribution in [0.25, 0.3) is 11.2 Å². The van der Waals surface area contributed by atoms with Gasteiger partial charge in [0.25, 0.3) is 0 Å². The van der Waals surface area contributed by atoms with Crippen LogP contribution >= 0.6 is 0 Å². The normalized spacial score (nSPS) is 23.8. The molecule has 3 fully saturated rings. The zero-order valence-corrected chi connectivity index (χ0v) is 25.2. The number of fused-ring (bicyclic) bond motifs is 2. The smallest absolute Gasteiger partial charge is 0.341 e. The fraction of sp³-hybridized carbons (Fsp3) is 0.387. The highest BCUT2D eigenvalue weighted by molar-refractivity contribution is 5.96. The van der Waals surface area contributed by atoms with Gasteiger partial charge in [-0.3, -0.25) is 14.7 Å². The topological polar surface area (TPSA) is 201 Å². The highest BCUT2D eigenvalue weighted by Gasteiger charge is 2.54. The minimum absolute atomic E-state index is 0.0555. The zero-order valence-electron chi connectivity index (χ0n) is 25.2. The van der Waals surface area contributed by atoms with E-state index in [0.29, 0.717) is 22.4 Å². The van der Waals surface area contributed by atoms with E-state index in [4.69, 9.17) is 18.9 Å². The Kier molecular flexibility index (Phi) is 8.36. The van der Waals surface area contributed by atoms with Gasteiger partial charge in [0, 0.05) is 30.4 Å². The molecule has 4 aromatic rings. The van der Waals surface area contributed by atoms with Gasteiger partial charge in [0.1, 0.15) is 36.8 Å². The summed E-state index contributed by atoms with van der Waals surface area (Å²) in [7, 11) is 0. The first kappa shape index (κ1) is 30.5. The van der Waals surface area contributed by atoms with Crippen LogP contribution < -0.4 is 20.7 Å². The van der Waals surface area contributed by atoms with Crippen LogP contribution in [0.4, 0.5) is 16.3 Å². The second-order valence-electron chi connectivity index (χ2n) is 11.5. The summed E-state index contributed by atoms with van der Waals surface area (Å²) in [6.07, 6.45) is 4.75. The Morgan fingerprint density at radius 3 is 2.53 bits per heavy atom. The summed E-state index contributed by atoms with van der Waals surface area (Å²) in [5.74, 6) is -1.17. The van der Waals surface area contributed by atoms with Crippen molar-refractivity contribution in [3.63, 3.8) is 0 Å². The Labute approximate surface area is 267 Å². The summed E-state index contributed by atoms with van der Waals surface area (Å²) < 4.78 is 26.8. The summed E-state index contributed by atoms with van der Waals surface area (Å²) in [6.45, 7) is 1.34. The number of aromatic carboxylic acids is 1. The summed E-state index contributed by atoms with van der Waals surface area (Å²) in [4.78, 5) is 53.2. The lowest BCUT2D eigenvalue weighted by Crippen LogP contribution is -2.36. The molecule has 2 aliphatic heterocycles. The molecule has 3 aliphatic rings. The molecule has 7 rings (SSSR count). The Hall–Kier alpha value is -5.19. The van der Waals surface area contributed by atoms with Crippen LogP contribution in [-0.2, 0) is 19.0 Å². The van der Waals surface area contributed by atoms with Gasteiger partial charge >= 0.3 is 12.0 Å². The molecule has 16 heteroatoms. The number of carbonyl (C=O) groups is 3. The lowest BCUT2D eigenvalue weighted by Gasteiger charge is -2.22. The monoisotopic (exact) mass is 644 g/mol. The summed E-state index contributed by atoms with van der Waals surface area (Å²) in [5.41, 5.74) is 2.00. The largest absolute Gasteiger partial charge is 0.477 e. The average molecular weight is 645 g/mol. The van der Waals surface area contributed by atoms with E-state index in [0.717, 1.165) is 25.7 Å².